The van der Waals surface area contributed by atoms with Gasteiger partial charge in [-0.15, -0.1) is 0 Å². The van der Waals surface area contributed by atoms with Gasteiger partial charge in [0, 0.05) is 15.9 Å². The van der Waals surface area contributed by atoms with Crippen LogP contribution >= 0.6 is 27.5 Å². The lowest BCUT2D eigenvalue weighted by Gasteiger charge is -2.12. The van der Waals surface area contributed by atoms with Crippen molar-refractivity contribution in [2.45, 2.75) is 19.2 Å². The van der Waals surface area contributed by atoms with Crippen molar-refractivity contribution >= 4 is 27.5 Å². The first kappa shape index (κ1) is 14.4. The fourth-order valence-electron chi connectivity index (χ4n) is 1.86. The van der Waals surface area contributed by atoms with E-state index in [1.54, 1.807) is 12.1 Å². The molecule has 2 rings (SSSR count). The van der Waals surface area contributed by atoms with Crippen LogP contribution in [0, 0.1) is 19.7 Å². The van der Waals surface area contributed by atoms with Crippen molar-refractivity contribution in [3.63, 3.8) is 0 Å². The maximum atomic E-state index is 13.6. The number of aryl methyl sites for hydroxylation is 2. The highest BCUT2D eigenvalue weighted by atomic mass is 79.9. The van der Waals surface area contributed by atoms with Gasteiger partial charge in [0.15, 0.2) is 0 Å². The van der Waals surface area contributed by atoms with Gasteiger partial charge < -0.3 is 4.74 Å². The van der Waals surface area contributed by atoms with Crippen LogP contribution in [-0.2, 0) is 5.33 Å². The first-order chi connectivity index (χ1) is 9.02. The van der Waals surface area contributed by atoms with Gasteiger partial charge in [0.1, 0.15) is 17.3 Å². The van der Waals surface area contributed by atoms with E-state index in [2.05, 4.69) is 15.9 Å². The summed E-state index contributed by atoms with van der Waals surface area (Å²) in [5.74, 6) is 0.891. The van der Waals surface area contributed by atoms with Crippen molar-refractivity contribution in [1.82, 2.24) is 0 Å². The number of hydrogen-bond acceptors (Lipinski definition) is 1. The van der Waals surface area contributed by atoms with Crippen molar-refractivity contribution in [1.29, 1.82) is 0 Å². The number of hydrogen-bond donors (Lipinski definition) is 0. The number of halogens is 3. The molecular formula is C15H13BrClFO. The second-order valence-electron chi connectivity index (χ2n) is 4.32. The van der Waals surface area contributed by atoms with Gasteiger partial charge in [-0.1, -0.05) is 33.6 Å². The van der Waals surface area contributed by atoms with E-state index >= 15 is 0 Å². The topological polar surface area (TPSA) is 9.23 Å². The molecule has 0 saturated heterocycles. The summed E-state index contributed by atoms with van der Waals surface area (Å²) in [5.41, 5.74) is 2.38. The van der Waals surface area contributed by atoms with Crippen LogP contribution in [0.3, 0.4) is 0 Å². The minimum Gasteiger partial charge on any atom is -0.457 e. The average molecular weight is 344 g/mol. The smallest absolute Gasteiger partial charge is 0.134 e. The van der Waals surface area contributed by atoms with Crippen LogP contribution < -0.4 is 4.74 Å². The summed E-state index contributed by atoms with van der Waals surface area (Å²) >= 11 is 9.39. The minimum absolute atomic E-state index is 0.281. The Morgan fingerprint density at radius 3 is 2.42 bits per heavy atom. The molecule has 2 aromatic carbocycles. The number of alkyl halides is 1. The summed E-state index contributed by atoms with van der Waals surface area (Å²) in [4.78, 5) is 0. The third-order valence-corrected chi connectivity index (χ3v) is 4.00. The van der Waals surface area contributed by atoms with Gasteiger partial charge in [0.2, 0.25) is 0 Å². The molecule has 0 N–H and O–H groups in total. The van der Waals surface area contributed by atoms with Crippen LogP contribution in [0.25, 0.3) is 0 Å². The summed E-state index contributed by atoms with van der Waals surface area (Å²) < 4.78 is 19.4. The molecule has 0 aliphatic heterocycles. The lowest BCUT2D eigenvalue weighted by atomic mass is 10.1. The van der Waals surface area contributed by atoms with Gasteiger partial charge >= 0.3 is 0 Å². The fraction of sp³-hybridized carbons (Fsp3) is 0.200. The van der Waals surface area contributed by atoms with Crippen LogP contribution in [0.15, 0.2) is 30.3 Å². The normalized spacial score (nSPS) is 10.6. The Hall–Kier alpha value is -1.06. The Morgan fingerprint density at radius 2 is 1.84 bits per heavy atom. The highest BCUT2D eigenvalue weighted by molar-refractivity contribution is 9.08. The molecule has 0 fully saturated rings. The zero-order valence-corrected chi connectivity index (χ0v) is 13.0. The molecule has 0 bridgehead atoms. The predicted molar refractivity (Wildman–Crippen MR) is 80.0 cm³/mol. The predicted octanol–water partition coefficient (Wildman–Crippen LogP) is 5.78. The molecule has 0 atom stereocenters. The van der Waals surface area contributed by atoms with Gasteiger partial charge in [-0.05, 0) is 49.2 Å². The molecule has 0 aliphatic rings. The van der Waals surface area contributed by atoms with Crippen molar-refractivity contribution in [3.05, 3.63) is 57.9 Å². The molecule has 0 heterocycles. The van der Waals surface area contributed by atoms with Gasteiger partial charge in [0.25, 0.3) is 0 Å². The summed E-state index contributed by atoms with van der Waals surface area (Å²) in [6.07, 6.45) is 0. The van der Waals surface area contributed by atoms with Crippen molar-refractivity contribution < 1.29 is 9.13 Å². The van der Waals surface area contributed by atoms with E-state index in [1.807, 2.05) is 26.0 Å². The summed E-state index contributed by atoms with van der Waals surface area (Å²) in [6.45, 7) is 3.83. The second-order valence-corrected chi connectivity index (χ2v) is 5.26. The van der Waals surface area contributed by atoms with E-state index in [4.69, 9.17) is 16.3 Å². The van der Waals surface area contributed by atoms with Crippen molar-refractivity contribution in [2.24, 2.45) is 0 Å². The molecule has 0 unspecified atom stereocenters. The molecule has 0 spiro atoms. The van der Waals surface area contributed by atoms with E-state index in [9.17, 15) is 4.39 Å². The molecule has 100 valence electrons. The highest BCUT2D eigenvalue weighted by Gasteiger charge is 2.10. The van der Waals surface area contributed by atoms with E-state index in [-0.39, 0.29) is 5.82 Å². The van der Waals surface area contributed by atoms with E-state index in [0.29, 0.717) is 22.4 Å². The van der Waals surface area contributed by atoms with Gasteiger partial charge in [-0.2, -0.15) is 0 Å². The largest absolute Gasteiger partial charge is 0.457 e. The average Bonchev–Trinajstić information content (AvgIpc) is 2.36. The SMILES string of the molecule is Cc1cc(Oc2cccc(F)c2CBr)cc(C)c1Cl. The minimum atomic E-state index is -0.281. The lowest BCUT2D eigenvalue weighted by Crippen LogP contribution is -1.94. The first-order valence-electron chi connectivity index (χ1n) is 5.81. The fourth-order valence-corrected chi connectivity index (χ4v) is 2.51. The molecule has 0 aromatic heterocycles. The van der Waals surface area contributed by atoms with Crippen LogP contribution in [-0.4, -0.2) is 0 Å². The van der Waals surface area contributed by atoms with Gasteiger partial charge in [-0.3, -0.25) is 0 Å². The Morgan fingerprint density at radius 1 is 1.21 bits per heavy atom. The number of benzene rings is 2. The van der Waals surface area contributed by atoms with Crippen molar-refractivity contribution in [2.75, 3.05) is 0 Å². The standard InChI is InChI=1S/C15H13BrClFO/c1-9-6-11(7-10(2)15(9)17)19-14-5-3-4-13(18)12(14)8-16/h3-7H,8H2,1-2H3. The van der Waals surface area contributed by atoms with E-state index in [0.717, 1.165) is 16.1 Å². The third kappa shape index (κ3) is 3.10. The van der Waals surface area contributed by atoms with E-state index < -0.39 is 0 Å². The molecule has 2 aromatic rings. The van der Waals surface area contributed by atoms with Crippen LogP contribution in [0.5, 0.6) is 11.5 Å². The summed E-state index contributed by atoms with van der Waals surface area (Å²) in [6, 6.07) is 8.49. The van der Waals surface area contributed by atoms with Crippen LogP contribution in [0.4, 0.5) is 4.39 Å². The molecule has 4 heteroatoms. The molecule has 19 heavy (non-hydrogen) atoms. The zero-order chi connectivity index (χ0) is 14.0. The first-order valence-corrected chi connectivity index (χ1v) is 7.31. The number of ether oxygens (including phenoxy) is 1. The van der Waals surface area contributed by atoms with Gasteiger partial charge in [-0.25, -0.2) is 4.39 Å². The van der Waals surface area contributed by atoms with Crippen molar-refractivity contribution in [3.8, 4) is 11.5 Å². The Bertz CT molecular complexity index is 590. The van der Waals surface area contributed by atoms with Crippen LogP contribution in [0.2, 0.25) is 5.02 Å². The number of rotatable bonds is 3. The van der Waals surface area contributed by atoms with E-state index in [1.165, 1.54) is 6.07 Å². The maximum absolute atomic E-state index is 13.6. The second kappa shape index (κ2) is 5.93. The zero-order valence-electron chi connectivity index (χ0n) is 10.6. The monoisotopic (exact) mass is 342 g/mol. The molecule has 0 saturated carbocycles. The van der Waals surface area contributed by atoms with Crippen LogP contribution in [0.1, 0.15) is 16.7 Å². The van der Waals surface area contributed by atoms with Gasteiger partial charge in [0.05, 0.1) is 0 Å². The molecular weight excluding hydrogens is 331 g/mol. The lowest BCUT2D eigenvalue weighted by molar-refractivity contribution is 0.470. The molecule has 0 radical (unpaired) electrons. The summed E-state index contributed by atoms with van der Waals surface area (Å²) in [5, 5.41) is 1.13. The summed E-state index contributed by atoms with van der Waals surface area (Å²) in [7, 11) is 0. The quantitative estimate of drug-likeness (QED) is 0.642. The molecule has 1 nitrogen and oxygen atoms in total. The Labute approximate surface area is 125 Å². The third-order valence-electron chi connectivity index (χ3n) is 2.85. The maximum Gasteiger partial charge on any atom is 0.134 e. The highest BCUT2D eigenvalue weighted by Crippen LogP contribution is 2.32. The molecule has 0 aliphatic carbocycles. The molecule has 0 amide bonds. The Kier molecular flexibility index (Phi) is 4.48. The Balaban J connectivity index is 2.39.